The Morgan fingerprint density at radius 2 is 2.62 bits per heavy atom. The summed E-state index contributed by atoms with van der Waals surface area (Å²) in [6.45, 7) is 0. The van der Waals surface area contributed by atoms with Crippen LogP contribution in [0.15, 0.2) is 5.16 Å². The van der Waals surface area contributed by atoms with E-state index < -0.39 is 5.97 Å². The molecule has 1 N–H and O–H groups in total. The molecule has 0 amide bonds. The van der Waals surface area contributed by atoms with Gasteiger partial charge in [0, 0.05) is 0 Å². The summed E-state index contributed by atoms with van der Waals surface area (Å²) in [4.78, 5) is 13.9. The molecule has 46 valence electrons. The third-order valence-corrected chi connectivity index (χ3v) is 0.446. The Bertz CT molecular complexity index is 99.5. The van der Waals surface area contributed by atoms with Crippen LogP contribution in [0.25, 0.3) is 0 Å². The van der Waals surface area contributed by atoms with Gasteiger partial charge in [0.05, 0.1) is 12.6 Å². The molecule has 0 radical (unpaired) electrons. The fourth-order valence-electron chi connectivity index (χ4n) is 0.190. The highest BCUT2D eigenvalue weighted by molar-refractivity contribution is 5.84. The average Bonchev–Trinajstić information content (AvgIpc) is 1.66. The smallest absolute Gasteiger partial charge is 0.308 e. The molecule has 4 heteroatoms. The van der Waals surface area contributed by atoms with E-state index >= 15 is 0 Å². The van der Waals surface area contributed by atoms with Crippen molar-refractivity contribution in [1.82, 2.24) is 0 Å². The number of carbonyl (C=O) groups is 1. The molecule has 0 fully saturated rings. The van der Waals surface area contributed by atoms with Gasteiger partial charge in [-0.2, -0.15) is 0 Å². The van der Waals surface area contributed by atoms with Gasteiger partial charge in [0.1, 0.15) is 7.11 Å². The first-order valence-electron chi connectivity index (χ1n) is 2.04. The molecule has 0 aromatic rings. The maximum atomic E-state index is 9.73. The van der Waals surface area contributed by atoms with E-state index in [0.29, 0.717) is 0 Å². The van der Waals surface area contributed by atoms with Crippen molar-refractivity contribution in [2.24, 2.45) is 5.16 Å². The minimum atomic E-state index is -0.911. The number of carboxylic acid groups (broad SMARTS) is 1. The van der Waals surface area contributed by atoms with Gasteiger partial charge in [0.15, 0.2) is 0 Å². The quantitative estimate of drug-likeness (QED) is 0.421. The van der Waals surface area contributed by atoms with Crippen molar-refractivity contribution in [3.63, 3.8) is 0 Å². The molecule has 0 aromatic heterocycles. The van der Waals surface area contributed by atoms with Crippen LogP contribution in [0, 0.1) is 0 Å². The second-order valence-corrected chi connectivity index (χ2v) is 1.07. The summed E-state index contributed by atoms with van der Waals surface area (Å²) in [5, 5.41) is 11.2. The molecule has 0 spiro atoms. The van der Waals surface area contributed by atoms with Crippen LogP contribution in [-0.4, -0.2) is 24.4 Å². The van der Waals surface area contributed by atoms with E-state index in [1.54, 1.807) is 0 Å². The Hall–Kier alpha value is -1.06. The van der Waals surface area contributed by atoms with Crippen molar-refractivity contribution in [3.05, 3.63) is 0 Å². The monoisotopic (exact) mass is 117 g/mol. The maximum absolute atomic E-state index is 9.73. The molecule has 0 heterocycles. The molecule has 0 bridgehead atoms. The fraction of sp³-hybridized carbons (Fsp3) is 0.500. The topological polar surface area (TPSA) is 58.9 Å². The molecule has 0 aliphatic rings. The van der Waals surface area contributed by atoms with Gasteiger partial charge in [0.2, 0.25) is 0 Å². The van der Waals surface area contributed by atoms with E-state index in [9.17, 15) is 4.79 Å². The van der Waals surface area contributed by atoms with Gasteiger partial charge in [-0.3, -0.25) is 4.79 Å². The Balaban J connectivity index is 3.16. The van der Waals surface area contributed by atoms with Gasteiger partial charge < -0.3 is 9.94 Å². The van der Waals surface area contributed by atoms with Crippen LogP contribution in [0.1, 0.15) is 6.42 Å². The summed E-state index contributed by atoms with van der Waals surface area (Å²) in [5.74, 6) is -0.911. The largest absolute Gasteiger partial charge is 0.481 e. The SMILES string of the molecule is CON=CCC(=O)O. The van der Waals surface area contributed by atoms with E-state index in [4.69, 9.17) is 5.11 Å². The predicted molar refractivity (Wildman–Crippen MR) is 27.8 cm³/mol. The van der Waals surface area contributed by atoms with Crippen LogP contribution in [0.4, 0.5) is 0 Å². The summed E-state index contributed by atoms with van der Waals surface area (Å²) in [6, 6.07) is 0. The molecule has 0 aromatic carbocycles. The third-order valence-electron chi connectivity index (χ3n) is 0.446. The van der Waals surface area contributed by atoms with Crippen LogP contribution in [0.3, 0.4) is 0 Å². The molecule has 0 rings (SSSR count). The van der Waals surface area contributed by atoms with Crippen molar-refractivity contribution in [1.29, 1.82) is 0 Å². The van der Waals surface area contributed by atoms with E-state index in [1.165, 1.54) is 13.3 Å². The summed E-state index contributed by atoms with van der Waals surface area (Å²) >= 11 is 0. The number of hydrogen-bond acceptors (Lipinski definition) is 3. The van der Waals surface area contributed by atoms with Gasteiger partial charge >= 0.3 is 5.97 Å². The molecule has 8 heavy (non-hydrogen) atoms. The number of rotatable bonds is 3. The van der Waals surface area contributed by atoms with Crippen LogP contribution >= 0.6 is 0 Å². The molecule has 4 nitrogen and oxygen atoms in total. The summed E-state index contributed by atoms with van der Waals surface area (Å²) in [7, 11) is 1.36. The number of hydrogen-bond donors (Lipinski definition) is 1. The fourth-order valence-corrected chi connectivity index (χ4v) is 0.190. The zero-order valence-corrected chi connectivity index (χ0v) is 4.50. The Kier molecular flexibility index (Phi) is 3.56. The van der Waals surface area contributed by atoms with E-state index in [1.807, 2.05) is 0 Å². The Labute approximate surface area is 46.8 Å². The molecular formula is C4H7NO3. The van der Waals surface area contributed by atoms with E-state index in [0.717, 1.165) is 0 Å². The Morgan fingerprint density at radius 1 is 2.00 bits per heavy atom. The lowest BCUT2D eigenvalue weighted by Crippen LogP contribution is -1.93. The zero-order chi connectivity index (χ0) is 6.41. The normalized spacial score (nSPS) is 9.62. The maximum Gasteiger partial charge on any atom is 0.308 e. The van der Waals surface area contributed by atoms with Crippen molar-refractivity contribution in [3.8, 4) is 0 Å². The minimum Gasteiger partial charge on any atom is -0.481 e. The number of nitrogens with zero attached hydrogens (tertiary/aromatic N) is 1. The highest BCUT2D eigenvalue weighted by atomic mass is 16.6. The van der Waals surface area contributed by atoms with Gasteiger partial charge in [-0.1, -0.05) is 5.16 Å². The minimum absolute atomic E-state index is 0.0894. The highest BCUT2D eigenvalue weighted by Crippen LogP contribution is 1.72. The van der Waals surface area contributed by atoms with Crippen LogP contribution in [0.5, 0.6) is 0 Å². The number of aliphatic carboxylic acids is 1. The lowest BCUT2D eigenvalue weighted by atomic mass is 10.5. The van der Waals surface area contributed by atoms with Crippen LogP contribution in [-0.2, 0) is 9.63 Å². The van der Waals surface area contributed by atoms with Crippen molar-refractivity contribution in [2.45, 2.75) is 6.42 Å². The Morgan fingerprint density at radius 3 is 3.00 bits per heavy atom. The second-order valence-electron chi connectivity index (χ2n) is 1.07. The van der Waals surface area contributed by atoms with Crippen molar-refractivity contribution >= 4 is 12.2 Å². The summed E-state index contributed by atoms with van der Waals surface area (Å²) in [5.41, 5.74) is 0. The van der Waals surface area contributed by atoms with Gasteiger partial charge in [-0.25, -0.2) is 0 Å². The number of oxime groups is 1. The second kappa shape index (κ2) is 4.11. The summed E-state index contributed by atoms with van der Waals surface area (Å²) < 4.78 is 0. The van der Waals surface area contributed by atoms with Gasteiger partial charge in [0.25, 0.3) is 0 Å². The summed E-state index contributed by atoms with van der Waals surface area (Å²) in [6.07, 6.45) is 1.09. The lowest BCUT2D eigenvalue weighted by molar-refractivity contribution is -0.135. The molecule has 0 aliphatic heterocycles. The first-order chi connectivity index (χ1) is 3.77. The first-order valence-corrected chi connectivity index (χ1v) is 2.04. The van der Waals surface area contributed by atoms with Gasteiger partial charge in [-0.15, -0.1) is 0 Å². The van der Waals surface area contributed by atoms with Crippen LogP contribution < -0.4 is 0 Å². The molecule has 0 aliphatic carbocycles. The van der Waals surface area contributed by atoms with Crippen molar-refractivity contribution in [2.75, 3.05) is 7.11 Å². The highest BCUT2D eigenvalue weighted by Gasteiger charge is 1.88. The van der Waals surface area contributed by atoms with E-state index in [2.05, 4.69) is 9.99 Å². The first kappa shape index (κ1) is 6.94. The number of carboxylic acids is 1. The molecule has 0 saturated heterocycles. The molecular weight excluding hydrogens is 110 g/mol. The molecule has 0 atom stereocenters. The standard InChI is InChI=1S/C4H7NO3/c1-8-5-3-2-4(6)7/h3H,2H2,1H3,(H,6,7). The van der Waals surface area contributed by atoms with Crippen molar-refractivity contribution < 1.29 is 14.7 Å². The molecule has 0 saturated carbocycles. The van der Waals surface area contributed by atoms with Gasteiger partial charge in [-0.05, 0) is 0 Å². The van der Waals surface area contributed by atoms with E-state index in [-0.39, 0.29) is 6.42 Å². The third kappa shape index (κ3) is 4.94. The van der Waals surface area contributed by atoms with Crippen LogP contribution in [0.2, 0.25) is 0 Å². The predicted octanol–water partition coefficient (Wildman–Crippen LogP) is 0.0933. The lowest BCUT2D eigenvalue weighted by Gasteiger charge is -1.82. The molecule has 0 unspecified atom stereocenters. The zero-order valence-electron chi connectivity index (χ0n) is 4.50. The average molecular weight is 117 g/mol.